The quantitative estimate of drug-likeness (QED) is 0.0422. The molecule has 2 atom stereocenters. The fourth-order valence-corrected chi connectivity index (χ4v) is 6.81. The Morgan fingerprint density at radius 3 is 0.821 bits per heavy atom. The van der Waals surface area contributed by atoms with Crippen molar-refractivity contribution in [3.05, 3.63) is 110 Å². The number of anilines is 2. The summed E-state index contributed by atoms with van der Waals surface area (Å²) in [5.74, 6) is -10.3. The fraction of sp³-hybridized carbons (Fsp3) is 0.464. The summed E-state index contributed by atoms with van der Waals surface area (Å²) < 4.78 is 0. The second-order valence-electron chi connectivity index (χ2n) is 17.7. The second-order valence-corrected chi connectivity index (χ2v) is 17.7. The summed E-state index contributed by atoms with van der Waals surface area (Å²) in [6, 6.07) is 13.6. The second kappa shape index (κ2) is 52.2. The minimum atomic E-state index is -1.26. The molecule has 28 nitrogen and oxygen atoms in total. The first-order valence-corrected chi connectivity index (χ1v) is 26.7. The summed E-state index contributed by atoms with van der Waals surface area (Å²) in [6.07, 6.45) is 20.1. The van der Waals surface area contributed by atoms with Crippen molar-refractivity contribution in [2.45, 2.75) is 91.1 Å². The number of aliphatic carboxylic acids is 10. The fourth-order valence-electron chi connectivity index (χ4n) is 6.81. The molecular formula is C56H84N8O20. The Morgan fingerprint density at radius 2 is 0.631 bits per heavy atom. The topological polar surface area (TPSA) is 436 Å². The zero-order valence-electron chi connectivity index (χ0n) is 47.9. The van der Waals surface area contributed by atoms with Gasteiger partial charge in [-0.3, -0.25) is 9.80 Å². The number of carboxylic acid groups (broad SMARTS) is 10. The van der Waals surface area contributed by atoms with Gasteiger partial charge in [0.2, 0.25) is 0 Å². The first-order chi connectivity index (χ1) is 39.7. The SMILES string of the molecule is CCCCCCNCC(C)N1CCN(c2ccccn2)CC1.CCCCCCNCC(C)N1CCN(c2ccccn2)CC1.O=C(O)/C=C\C(=O)O.O=C(O)/C=C\C(=O)O.O=C(O)/C=C\C(=O)O.O=C(O)/C=C\C(=O)O.O=C(O)/C=C\C(=O)O. The molecular weight excluding hydrogens is 1100 g/mol. The Kier molecular flexibility index (Phi) is 49.3. The first-order valence-electron chi connectivity index (χ1n) is 26.7. The molecule has 4 heterocycles. The third kappa shape index (κ3) is 53.8. The lowest BCUT2D eigenvalue weighted by molar-refractivity contribution is -0.134. The van der Waals surface area contributed by atoms with E-state index in [-0.39, 0.29) is 0 Å². The Balaban J connectivity index is -0.000000974. The predicted molar refractivity (Wildman–Crippen MR) is 311 cm³/mol. The van der Waals surface area contributed by atoms with Crippen molar-refractivity contribution in [2.24, 2.45) is 0 Å². The van der Waals surface area contributed by atoms with Crippen molar-refractivity contribution in [3.8, 4) is 0 Å². The number of unbranched alkanes of at least 4 members (excludes halogenated alkanes) is 6. The highest BCUT2D eigenvalue weighted by Crippen LogP contribution is 2.15. The third-order valence-corrected chi connectivity index (χ3v) is 11.0. The molecule has 0 saturated carbocycles. The van der Waals surface area contributed by atoms with Gasteiger partial charge in [-0.25, -0.2) is 57.9 Å². The van der Waals surface area contributed by atoms with Crippen molar-refractivity contribution < 1.29 is 99.0 Å². The van der Waals surface area contributed by atoms with Crippen LogP contribution in [0, 0.1) is 0 Å². The van der Waals surface area contributed by atoms with E-state index in [1.165, 1.54) is 51.4 Å². The van der Waals surface area contributed by atoms with Gasteiger partial charge in [0, 0.05) is 151 Å². The maximum atomic E-state index is 9.55. The number of carbonyl (C=O) groups is 10. The van der Waals surface area contributed by atoms with Gasteiger partial charge in [-0.15, -0.1) is 0 Å². The van der Waals surface area contributed by atoms with Crippen LogP contribution in [0.3, 0.4) is 0 Å². The van der Waals surface area contributed by atoms with Crippen molar-refractivity contribution >= 4 is 71.3 Å². The van der Waals surface area contributed by atoms with Crippen LogP contribution in [0.15, 0.2) is 110 Å². The molecule has 2 unspecified atom stereocenters. The minimum Gasteiger partial charge on any atom is -0.478 e. The Morgan fingerprint density at radius 1 is 0.393 bits per heavy atom. The maximum Gasteiger partial charge on any atom is 0.328 e. The maximum absolute atomic E-state index is 9.55. The highest BCUT2D eigenvalue weighted by molar-refractivity contribution is 5.91. The number of hydrogen-bond donors (Lipinski definition) is 12. The largest absolute Gasteiger partial charge is 0.478 e. The van der Waals surface area contributed by atoms with Crippen LogP contribution in [0.1, 0.15) is 79.1 Å². The average molecular weight is 1190 g/mol. The molecule has 0 spiro atoms. The number of nitrogens with zero attached hydrogens (tertiary/aromatic N) is 6. The molecule has 0 amide bonds. The predicted octanol–water partition coefficient (Wildman–Crippen LogP) is 4.08. The molecule has 2 fully saturated rings. The molecule has 84 heavy (non-hydrogen) atoms. The summed E-state index contributed by atoms with van der Waals surface area (Å²) in [6.45, 7) is 22.6. The summed E-state index contributed by atoms with van der Waals surface area (Å²) in [5, 5.41) is 85.4. The van der Waals surface area contributed by atoms with Gasteiger partial charge < -0.3 is 71.5 Å². The molecule has 0 bridgehead atoms. The zero-order chi connectivity index (χ0) is 64.1. The number of pyridine rings is 2. The molecule has 0 aromatic carbocycles. The molecule has 2 aromatic heterocycles. The van der Waals surface area contributed by atoms with Crippen LogP contribution in [-0.2, 0) is 47.9 Å². The molecule has 12 N–H and O–H groups in total. The van der Waals surface area contributed by atoms with E-state index in [4.69, 9.17) is 51.1 Å². The van der Waals surface area contributed by atoms with E-state index in [1.807, 2.05) is 24.5 Å². The van der Waals surface area contributed by atoms with Crippen molar-refractivity contribution in [3.63, 3.8) is 0 Å². The molecule has 4 rings (SSSR count). The Labute approximate surface area is 488 Å². The highest BCUT2D eigenvalue weighted by Gasteiger charge is 2.22. The standard InChI is InChI=1S/2C18H32N4.5C4H4O4/c2*1-3-4-5-7-10-19-16-17(2)21-12-14-22(15-13-21)18-9-6-8-11-20-18;5*5-3(6)1-2-4(7)8/h2*6,8-9,11,17,19H,3-5,7,10,12-16H2,1-2H3;5*1-2H,(H,5,6)(H,7,8)/b;;5*2-1-. The first kappa shape index (κ1) is 79.4. The normalized spacial score (nSPS) is 13.8. The van der Waals surface area contributed by atoms with Gasteiger partial charge in [-0.2, -0.15) is 0 Å². The summed E-state index contributed by atoms with van der Waals surface area (Å²) in [7, 11) is 0. The zero-order valence-corrected chi connectivity index (χ0v) is 47.9. The highest BCUT2D eigenvalue weighted by atomic mass is 16.4. The van der Waals surface area contributed by atoms with Crippen LogP contribution in [0.5, 0.6) is 0 Å². The minimum absolute atomic E-state index is 0.558. The van der Waals surface area contributed by atoms with E-state index in [0.29, 0.717) is 72.8 Å². The van der Waals surface area contributed by atoms with Gasteiger partial charge >= 0.3 is 59.7 Å². The average Bonchev–Trinajstić information content (AvgIpc) is 3.49. The van der Waals surface area contributed by atoms with Gasteiger partial charge in [-0.1, -0.05) is 64.5 Å². The van der Waals surface area contributed by atoms with Crippen LogP contribution in [0.4, 0.5) is 11.6 Å². The van der Waals surface area contributed by atoms with E-state index in [2.05, 4.69) is 92.2 Å². The lowest BCUT2D eigenvalue weighted by Gasteiger charge is -2.38. The van der Waals surface area contributed by atoms with E-state index >= 15 is 0 Å². The number of carboxylic acids is 10. The molecule has 468 valence electrons. The lowest BCUT2D eigenvalue weighted by Crippen LogP contribution is -2.52. The molecule has 2 aliphatic rings. The molecule has 2 aliphatic heterocycles. The monoisotopic (exact) mass is 1190 g/mol. The molecule has 0 aliphatic carbocycles. The number of rotatable bonds is 28. The molecule has 2 aromatic rings. The van der Waals surface area contributed by atoms with E-state index in [9.17, 15) is 47.9 Å². The van der Waals surface area contributed by atoms with Crippen LogP contribution in [0.25, 0.3) is 0 Å². The molecule has 28 heteroatoms. The van der Waals surface area contributed by atoms with Gasteiger partial charge in [0.05, 0.1) is 0 Å². The van der Waals surface area contributed by atoms with Crippen LogP contribution in [-0.4, -0.2) is 221 Å². The lowest BCUT2D eigenvalue weighted by atomic mass is 10.2. The van der Waals surface area contributed by atoms with E-state index in [1.54, 1.807) is 0 Å². The van der Waals surface area contributed by atoms with E-state index < -0.39 is 59.7 Å². The van der Waals surface area contributed by atoms with Crippen LogP contribution >= 0.6 is 0 Å². The smallest absolute Gasteiger partial charge is 0.328 e. The molecule has 0 radical (unpaired) electrons. The third-order valence-electron chi connectivity index (χ3n) is 11.0. The number of nitrogens with one attached hydrogen (secondary N) is 2. The van der Waals surface area contributed by atoms with Gasteiger partial charge in [0.15, 0.2) is 0 Å². The van der Waals surface area contributed by atoms with Gasteiger partial charge in [0.1, 0.15) is 11.6 Å². The summed E-state index contributed by atoms with van der Waals surface area (Å²) >= 11 is 0. The Bertz CT molecular complexity index is 2000. The van der Waals surface area contributed by atoms with Crippen molar-refractivity contribution in [1.82, 2.24) is 30.4 Å². The van der Waals surface area contributed by atoms with Crippen LogP contribution in [0.2, 0.25) is 0 Å². The molecule has 2 saturated heterocycles. The number of hydrogen-bond acceptors (Lipinski definition) is 18. The van der Waals surface area contributed by atoms with Crippen molar-refractivity contribution in [1.29, 1.82) is 0 Å². The summed E-state index contributed by atoms with van der Waals surface area (Å²) in [4.78, 5) is 114. The van der Waals surface area contributed by atoms with Gasteiger partial charge in [-0.05, 0) is 64.0 Å². The number of aromatic nitrogens is 2. The number of piperazine rings is 2. The van der Waals surface area contributed by atoms with Gasteiger partial charge in [0.25, 0.3) is 0 Å². The van der Waals surface area contributed by atoms with Crippen molar-refractivity contribution in [2.75, 3.05) is 88.3 Å². The summed E-state index contributed by atoms with van der Waals surface area (Å²) in [5.41, 5.74) is 0. The Hall–Kier alpha value is -8.86. The van der Waals surface area contributed by atoms with E-state index in [0.717, 1.165) is 90.2 Å². The van der Waals surface area contributed by atoms with Crippen LogP contribution < -0.4 is 20.4 Å².